The molecule has 2 aromatic rings. The van der Waals surface area contributed by atoms with Crippen molar-refractivity contribution in [3.63, 3.8) is 0 Å². The quantitative estimate of drug-likeness (QED) is 0.378. The third-order valence-electron chi connectivity index (χ3n) is 4.45. The lowest BCUT2D eigenvalue weighted by Crippen LogP contribution is -2.36. The van der Waals surface area contributed by atoms with Gasteiger partial charge >= 0.3 is 0 Å². The molecule has 3 N–H and O–H groups in total. The van der Waals surface area contributed by atoms with E-state index in [4.69, 9.17) is 10.5 Å². The van der Waals surface area contributed by atoms with Crippen molar-refractivity contribution in [2.45, 2.75) is 12.8 Å². The highest BCUT2D eigenvalue weighted by Crippen LogP contribution is 2.27. The van der Waals surface area contributed by atoms with Crippen LogP contribution in [0.3, 0.4) is 0 Å². The molecule has 1 heterocycles. The average molecular weight is 480 g/mol. The van der Waals surface area contributed by atoms with Crippen molar-refractivity contribution in [3.05, 3.63) is 59.7 Å². The molecule has 0 atom stereocenters. The molecule has 0 aromatic heterocycles. The van der Waals surface area contributed by atoms with E-state index in [1.807, 2.05) is 42.5 Å². The van der Waals surface area contributed by atoms with Crippen LogP contribution in [0.2, 0.25) is 0 Å². The summed E-state index contributed by atoms with van der Waals surface area (Å²) in [4.78, 5) is 18.3. The number of anilines is 1. The Morgan fingerprint density at radius 2 is 1.96 bits per heavy atom. The number of guanidine groups is 1. The van der Waals surface area contributed by atoms with E-state index in [0.717, 1.165) is 24.3 Å². The van der Waals surface area contributed by atoms with Gasteiger partial charge in [-0.15, -0.1) is 24.0 Å². The maximum absolute atomic E-state index is 12.4. The second kappa shape index (κ2) is 10.1. The van der Waals surface area contributed by atoms with Crippen LogP contribution in [-0.4, -0.2) is 38.6 Å². The Balaban J connectivity index is 0.00000261. The second-order valence-electron chi connectivity index (χ2n) is 6.15. The van der Waals surface area contributed by atoms with Gasteiger partial charge in [-0.25, -0.2) is 4.99 Å². The smallest absolute Gasteiger partial charge is 0.248 e. The minimum atomic E-state index is -0.0325. The molecule has 0 radical (unpaired) electrons. The van der Waals surface area contributed by atoms with Gasteiger partial charge in [-0.3, -0.25) is 4.79 Å². The molecule has 3 rings (SSSR count). The number of aliphatic imine (C=N–C) groups is 1. The Kier molecular flexibility index (Phi) is 7.90. The van der Waals surface area contributed by atoms with Crippen molar-refractivity contribution in [1.29, 1.82) is 0 Å². The lowest BCUT2D eigenvalue weighted by Gasteiger charge is -2.16. The van der Waals surface area contributed by atoms with Gasteiger partial charge in [0.15, 0.2) is 5.96 Å². The summed E-state index contributed by atoms with van der Waals surface area (Å²) in [5.74, 6) is 1.10. The molecule has 0 unspecified atom stereocenters. The van der Waals surface area contributed by atoms with Crippen LogP contribution in [-0.2, 0) is 17.6 Å². The molecule has 27 heavy (non-hydrogen) atoms. The fourth-order valence-corrected chi connectivity index (χ4v) is 3.02. The first kappa shape index (κ1) is 21.0. The molecular formula is C20H25IN4O2. The zero-order chi connectivity index (χ0) is 18.4. The predicted molar refractivity (Wildman–Crippen MR) is 119 cm³/mol. The fourth-order valence-electron chi connectivity index (χ4n) is 3.02. The van der Waals surface area contributed by atoms with E-state index in [1.54, 1.807) is 12.0 Å². The number of ether oxygens (including phenoxy) is 1. The highest BCUT2D eigenvalue weighted by atomic mass is 127. The molecule has 0 aliphatic carbocycles. The summed E-state index contributed by atoms with van der Waals surface area (Å²) in [6, 6.07) is 15.9. The van der Waals surface area contributed by atoms with Gasteiger partial charge in [0.25, 0.3) is 0 Å². The molecule has 7 heteroatoms. The van der Waals surface area contributed by atoms with Crippen LogP contribution in [0.4, 0.5) is 5.69 Å². The molecule has 1 aliphatic rings. The number of nitrogens with two attached hydrogens (primary N) is 1. The van der Waals surface area contributed by atoms with E-state index < -0.39 is 0 Å². The van der Waals surface area contributed by atoms with Crippen LogP contribution in [0.15, 0.2) is 53.5 Å². The van der Waals surface area contributed by atoms with Crippen LogP contribution >= 0.6 is 24.0 Å². The van der Waals surface area contributed by atoms with E-state index in [0.29, 0.717) is 19.0 Å². The molecule has 1 amide bonds. The molecule has 2 aromatic carbocycles. The Morgan fingerprint density at radius 3 is 2.70 bits per heavy atom. The summed E-state index contributed by atoms with van der Waals surface area (Å²) in [6.45, 7) is 1.41. The largest absolute Gasteiger partial charge is 0.497 e. The number of fused-ring (bicyclic) bond motifs is 1. The highest BCUT2D eigenvalue weighted by Gasteiger charge is 2.23. The minimum Gasteiger partial charge on any atom is -0.497 e. The number of carbonyl (C=O) groups excluding carboxylic acids is 1. The summed E-state index contributed by atoms with van der Waals surface area (Å²) in [7, 11) is 1.65. The van der Waals surface area contributed by atoms with Gasteiger partial charge in [0.1, 0.15) is 12.3 Å². The van der Waals surface area contributed by atoms with Gasteiger partial charge in [-0.2, -0.15) is 0 Å². The number of hydrogen-bond acceptors (Lipinski definition) is 3. The minimum absolute atomic E-state index is 0. The molecule has 6 nitrogen and oxygen atoms in total. The van der Waals surface area contributed by atoms with Gasteiger partial charge < -0.3 is 20.7 Å². The number of halogens is 1. The van der Waals surface area contributed by atoms with Crippen molar-refractivity contribution in [2.75, 3.05) is 31.6 Å². The number of hydrogen-bond donors (Lipinski definition) is 2. The zero-order valence-electron chi connectivity index (χ0n) is 15.4. The van der Waals surface area contributed by atoms with Crippen molar-refractivity contribution in [2.24, 2.45) is 10.7 Å². The van der Waals surface area contributed by atoms with Crippen LogP contribution in [0.5, 0.6) is 5.75 Å². The number of rotatable bonds is 6. The third-order valence-corrected chi connectivity index (χ3v) is 4.45. The van der Waals surface area contributed by atoms with E-state index in [-0.39, 0.29) is 36.4 Å². The predicted octanol–water partition coefficient (Wildman–Crippen LogP) is 2.35. The topological polar surface area (TPSA) is 80.0 Å². The van der Waals surface area contributed by atoms with E-state index >= 15 is 0 Å². The van der Waals surface area contributed by atoms with Crippen molar-refractivity contribution >= 4 is 41.5 Å². The fraction of sp³-hybridized carbons (Fsp3) is 0.300. The van der Waals surface area contributed by atoms with Crippen molar-refractivity contribution < 1.29 is 9.53 Å². The van der Waals surface area contributed by atoms with Gasteiger partial charge in [0, 0.05) is 18.8 Å². The van der Waals surface area contributed by atoms with Gasteiger partial charge in [-0.05, 0) is 42.2 Å². The van der Waals surface area contributed by atoms with Crippen molar-refractivity contribution in [3.8, 4) is 5.75 Å². The van der Waals surface area contributed by atoms with Gasteiger partial charge in [0.05, 0.1) is 7.11 Å². The van der Waals surface area contributed by atoms with E-state index in [9.17, 15) is 4.79 Å². The lowest BCUT2D eigenvalue weighted by atomic mass is 10.1. The number of methoxy groups -OCH3 is 1. The first-order valence-electron chi connectivity index (χ1n) is 8.72. The monoisotopic (exact) mass is 480 g/mol. The molecule has 0 fully saturated rings. The van der Waals surface area contributed by atoms with Gasteiger partial charge in [-0.1, -0.05) is 30.3 Å². The molecule has 144 valence electrons. The summed E-state index contributed by atoms with van der Waals surface area (Å²) in [5.41, 5.74) is 9.24. The summed E-state index contributed by atoms with van der Waals surface area (Å²) in [5, 5.41) is 3.05. The molecule has 0 spiro atoms. The van der Waals surface area contributed by atoms with E-state index in [1.165, 1.54) is 11.1 Å². The van der Waals surface area contributed by atoms with Crippen LogP contribution in [0, 0.1) is 0 Å². The molecular weight excluding hydrogens is 455 g/mol. The number of nitrogens with one attached hydrogen (secondary N) is 1. The SMILES string of the molecule is COc1ccc(CCNC(N)=NCC(=O)N2CCc3ccccc32)cc1.I. The number of nitrogens with zero attached hydrogens (tertiary/aromatic N) is 2. The lowest BCUT2D eigenvalue weighted by molar-refractivity contribution is -0.117. The maximum Gasteiger partial charge on any atom is 0.248 e. The molecule has 1 aliphatic heterocycles. The Morgan fingerprint density at radius 1 is 1.22 bits per heavy atom. The summed E-state index contributed by atoms with van der Waals surface area (Å²) in [6.07, 6.45) is 1.70. The first-order valence-corrected chi connectivity index (χ1v) is 8.72. The van der Waals surface area contributed by atoms with Crippen LogP contribution in [0.25, 0.3) is 0 Å². The van der Waals surface area contributed by atoms with Crippen molar-refractivity contribution in [1.82, 2.24) is 5.32 Å². The van der Waals surface area contributed by atoms with Crippen LogP contribution < -0.4 is 20.7 Å². The summed E-state index contributed by atoms with van der Waals surface area (Å²) < 4.78 is 5.14. The number of para-hydroxylation sites is 1. The maximum atomic E-state index is 12.4. The molecule has 0 saturated carbocycles. The second-order valence-corrected chi connectivity index (χ2v) is 6.15. The molecule has 0 bridgehead atoms. The average Bonchev–Trinajstić information content (AvgIpc) is 3.11. The number of benzene rings is 2. The van der Waals surface area contributed by atoms with Crippen LogP contribution in [0.1, 0.15) is 11.1 Å². The first-order chi connectivity index (χ1) is 12.7. The van der Waals surface area contributed by atoms with E-state index in [2.05, 4.69) is 16.4 Å². The third kappa shape index (κ3) is 5.59. The number of amides is 1. The Hall–Kier alpha value is -2.29. The standard InChI is InChI=1S/C20H24N4O2.HI/c1-26-17-8-6-15(7-9-17)10-12-22-20(21)23-14-19(25)24-13-11-16-4-2-3-5-18(16)24;/h2-9H,10-14H2,1H3,(H3,21,22,23);1H. The zero-order valence-corrected chi connectivity index (χ0v) is 17.7. The Labute approximate surface area is 176 Å². The highest BCUT2D eigenvalue weighted by molar-refractivity contribution is 14.0. The normalized spacial score (nSPS) is 12.9. The molecule has 0 saturated heterocycles. The van der Waals surface area contributed by atoms with Gasteiger partial charge in [0.2, 0.25) is 5.91 Å². The Bertz CT molecular complexity index is 793. The summed E-state index contributed by atoms with van der Waals surface area (Å²) >= 11 is 0. The number of carbonyl (C=O) groups is 1.